The van der Waals surface area contributed by atoms with Crippen molar-refractivity contribution in [3.05, 3.63) is 30.1 Å². The first-order valence-corrected chi connectivity index (χ1v) is 14.7. The number of fused-ring (bicyclic) bond motifs is 1. The molecule has 3 rings (SSSR count). The van der Waals surface area contributed by atoms with Gasteiger partial charge in [-0.25, -0.2) is 4.98 Å². The van der Waals surface area contributed by atoms with E-state index in [0.29, 0.717) is 11.0 Å². The number of hydrogen-bond donors (Lipinski definition) is 2. The first-order chi connectivity index (χ1) is 14.7. The van der Waals surface area contributed by atoms with Gasteiger partial charge in [-0.2, -0.15) is 33.7 Å². The van der Waals surface area contributed by atoms with Crippen LogP contribution in [0.3, 0.4) is 0 Å². The molecule has 2 aromatic rings. The number of nitrogens with one attached hydrogen (secondary N) is 1. The molecule has 1 unspecified atom stereocenters. The van der Waals surface area contributed by atoms with E-state index in [2.05, 4.69) is 22.5 Å². The molecule has 1 atom stereocenters. The molecule has 181 valence electrons. The Labute approximate surface area is 212 Å². The zero-order valence-corrected chi connectivity index (χ0v) is 22.3. The van der Waals surface area contributed by atoms with Crippen molar-refractivity contribution in [2.24, 2.45) is 0 Å². The van der Waals surface area contributed by atoms with Crippen LogP contribution in [0.4, 0.5) is 0 Å². The van der Waals surface area contributed by atoms with Crippen LogP contribution in [0.5, 0.6) is 0 Å². The smallest absolute Gasteiger partial charge is 0.287 e. The quantitative estimate of drug-likeness (QED) is 0.220. The van der Waals surface area contributed by atoms with E-state index in [1.807, 2.05) is 0 Å². The standard InChI is InChI=1S/C14H18N2O12S4.Na/c17-29(18,19)14(9-12-15-10-3-1-2-4-11(10)16-12)32(24,25)26-6-5-13-30(20,21)27-7-8-28-31(13,22)23;/h1-4,13-14H,5-9H2,(H,15,16)(H,17,18,19);. The second-order valence-corrected chi connectivity index (χ2v) is 14.1. The van der Waals surface area contributed by atoms with Crippen LogP contribution >= 0.6 is 0 Å². The fraction of sp³-hybridized carbons (Fsp3) is 0.500. The molecule has 0 aliphatic carbocycles. The van der Waals surface area contributed by atoms with E-state index in [4.69, 9.17) is 0 Å². The molecule has 1 aliphatic heterocycles. The predicted octanol–water partition coefficient (Wildman–Crippen LogP) is -1.29. The molecule has 2 heterocycles. The van der Waals surface area contributed by atoms with E-state index in [1.54, 1.807) is 24.3 Å². The maximum Gasteiger partial charge on any atom is 0.287 e. The molecule has 19 heteroatoms. The Hall–Kier alpha value is -0.670. The SMILES string of the molecule is O=S(=O)(O)C(Cc1nc2ccccc2[nH]1)S(=O)(=O)OCCC1S(=O)(=O)OCCOS1(=O)=O.[Na]. The zero-order chi connectivity index (χ0) is 23.8. The van der Waals surface area contributed by atoms with Crippen molar-refractivity contribution in [3.63, 3.8) is 0 Å². The van der Waals surface area contributed by atoms with Crippen molar-refractivity contribution in [1.82, 2.24) is 9.97 Å². The van der Waals surface area contributed by atoms with E-state index in [-0.39, 0.29) is 35.4 Å². The maximum absolute atomic E-state index is 12.5. The molecule has 1 radical (unpaired) electrons. The first-order valence-electron chi connectivity index (χ1n) is 8.77. The van der Waals surface area contributed by atoms with Crippen molar-refractivity contribution in [2.75, 3.05) is 19.8 Å². The molecule has 1 saturated heterocycles. The zero-order valence-electron chi connectivity index (χ0n) is 17.0. The number of imidazole rings is 1. The van der Waals surface area contributed by atoms with E-state index < -0.39 is 82.3 Å². The number of nitrogens with zero attached hydrogens (tertiary/aromatic N) is 1. The molecular formula is C14H18N2NaO12S4. The van der Waals surface area contributed by atoms with Gasteiger partial charge >= 0.3 is 0 Å². The molecule has 1 fully saturated rings. The van der Waals surface area contributed by atoms with E-state index >= 15 is 0 Å². The number of rotatable bonds is 8. The third-order valence-corrected chi connectivity index (χ3v) is 12.0. The van der Waals surface area contributed by atoms with Crippen LogP contribution in [0.25, 0.3) is 11.0 Å². The fourth-order valence-electron chi connectivity index (χ4n) is 2.84. The summed E-state index contributed by atoms with van der Waals surface area (Å²) in [6.45, 7) is -2.16. The summed E-state index contributed by atoms with van der Waals surface area (Å²) in [5, 5.41) is 0. The summed E-state index contributed by atoms with van der Waals surface area (Å²) in [4.78, 5) is 6.75. The Morgan fingerprint density at radius 2 is 1.67 bits per heavy atom. The summed E-state index contributed by atoms with van der Waals surface area (Å²) in [7, 11) is -19.6. The van der Waals surface area contributed by atoms with Gasteiger partial charge in [-0.3, -0.25) is 17.1 Å². The normalized spacial score (nSPS) is 20.0. The third kappa shape index (κ3) is 6.94. The van der Waals surface area contributed by atoms with Crippen LogP contribution in [0.2, 0.25) is 0 Å². The molecular weight excluding hydrogens is 539 g/mol. The van der Waals surface area contributed by atoms with Crippen LogP contribution in [-0.4, -0.2) is 107 Å². The van der Waals surface area contributed by atoms with Crippen molar-refractivity contribution in [1.29, 1.82) is 0 Å². The summed E-state index contributed by atoms with van der Waals surface area (Å²) < 4.78 is 114. The number of aromatic amines is 1. The van der Waals surface area contributed by atoms with Gasteiger partial charge < -0.3 is 4.98 Å². The molecule has 33 heavy (non-hydrogen) atoms. The second-order valence-electron chi connectivity index (χ2n) is 6.51. The minimum atomic E-state index is -5.22. The third-order valence-electron chi connectivity index (χ3n) is 4.28. The summed E-state index contributed by atoms with van der Waals surface area (Å²) in [6, 6.07) is 6.50. The molecule has 0 saturated carbocycles. The molecule has 1 aromatic carbocycles. The van der Waals surface area contributed by atoms with Crippen LogP contribution in [0, 0.1) is 0 Å². The summed E-state index contributed by atoms with van der Waals surface area (Å²) in [5.74, 6) is -0.0864. The molecule has 1 aliphatic rings. The Bertz CT molecular complexity index is 1350. The number of hydrogen-bond acceptors (Lipinski definition) is 12. The molecule has 2 N–H and O–H groups in total. The largest absolute Gasteiger partial charge is 0.342 e. The Balaban J connectivity index is 0.00000385. The van der Waals surface area contributed by atoms with Crippen LogP contribution in [0.15, 0.2) is 24.3 Å². The molecule has 1 aromatic heterocycles. The minimum Gasteiger partial charge on any atom is -0.342 e. The average molecular weight is 558 g/mol. The number of aromatic nitrogens is 2. The predicted molar refractivity (Wildman–Crippen MR) is 114 cm³/mol. The van der Waals surface area contributed by atoms with Gasteiger partial charge in [0, 0.05) is 42.4 Å². The van der Waals surface area contributed by atoms with Gasteiger partial charge in [0.2, 0.25) is 9.16 Å². The number of H-pyrrole nitrogens is 1. The van der Waals surface area contributed by atoms with Crippen molar-refractivity contribution < 1.29 is 50.8 Å². The second kappa shape index (κ2) is 10.5. The molecule has 0 amide bonds. The Morgan fingerprint density at radius 3 is 2.21 bits per heavy atom. The summed E-state index contributed by atoms with van der Waals surface area (Å²) >= 11 is 0. The van der Waals surface area contributed by atoms with E-state index in [0.717, 1.165) is 0 Å². The average Bonchev–Trinajstić information content (AvgIpc) is 3.04. The first kappa shape index (κ1) is 28.6. The molecule has 0 bridgehead atoms. The van der Waals surface area contributed by atoms with Crippen LogP contribution in [0.1, 0.15) is 12.2 Å². The Morgan fingerprint density at radius 1 is 1.09 bits per heavy atom. The van der Waals surface area contributed by atoms with Crippen molar-refractivity contribution in [2.45, 2.75) is 22.0 Å². The molecule has 0 spiro atoms. The Kier molecular flexibility index (Phi) is 9.11. The van der Waals surface area contributed by atoms with Gasteiger partial charge in [0.05, 0.1) is 30.9 Å². The van der Waals surface area contributed by atoms with E-state index in [1.165, 1.54) is 0 Å². The minimum absolute atomic E-state index is 0. The maximum atomic E-state index is 12.5. The van der Waals surface area contributed by atoms with Gasteiger partial charge in [0.1, 0.15) is 5.82 Å². The number of benzene rings is 1. The molecule has 14 nitrogen and oxygen atoms in total. The van der Waals surface area contributed by atoms with Gasteiger partial charge in [-0.15, -0.1) is 0 Å². The monoisotopic (exact) mass is 557 g/mol. The van der Waals surface area contributed by atoms with Crippen LogP contribution in [-0.2, 0) is 59.4 Å². The van der Waals surface area contributed by atoms with Gasteiger partial charge in [-0.1, -0.05) is 12.1 Å². The van der Waals surface area contributed by atoms with Crippen molar-refractivity contribution >= 4 is 81.1 Å². The summed E-state index contributed by atoms with van der Waals surface area (Å²) in [6.07, 6.45) is -1.76. The fourth-order valence-corrected chi connectivity index (χ4v) is 8.57. The number of para-hydroxylation sites is 2. The van der Waals surface area contributed by atoms with E-state index in [9.17, 15) is 38.2 Å². The summed E-state index contributed by atoms with van der Waals surface area (Å²) in [5.41, 5.74) is 0.900. The van der Waals surface area contributed by atoms with Gasteiger partial charge in [0.25, 0.3) is 40.5 Å². The van der Waals surface area contributed by atoms with Crippen LogP contribution < -0.4 is 0 Å². The van der Waals surface area contributed by atoms with Gasteiger partial charge in [-0.05, 0) is 12.1 Å². The topological polar surface area (TPSA) is 213 Å². The van der Waals surface area contributed by atoms with Gasteiger partial charge in [0.15, 0.2) is 0 Å². The van der Waals surface area contributed by atoms with Crippen molar-refractivity contribution in [3.8, 4) is 0 Å².